The number of aromatic amines is 1. The molecule has 5 rings (SSSR count). The fourth-order valence-electron chi connectivity index (χ4n) is 4.27. The molecule has 2 aromatic heterocycles. The summed E-state index contributed by atoms with van der Waals surface area (Å²) in [6.45, 7) is 1.27. The first kappa shape index (κ1) is 20.7. The van der Waals surface area contributed by atoms with Crippen LogP contribution in [0.15, 0.2) is 53.7 Å². The van der Waals surface area contributed by atoms with Crippen LogP contribution in [0.3, 0.4) is 0 Å². The Morgan fingerprint density at radius 2 is 2.09 bits per heavy atom. The molecule has 11 nitrogen and oxygen atoms in total. The number of aromatic nitrogens is 5. The minimum absolute atomic E-state index is 0.0296. The van der Waals surface area contributed by atoms with Gasteiger partial charge < -0.3 is 15.5 Å². The van der Waals surface area contributed by atoms with Crippen molar-refractivity contribution in [2.24, 2.45) is 5.11 Å². The number of amides is 1. The molecule has 0 fully saturated rings. The lowest BCUT2D eigenvalue weighted by Gasteiger charge is -2.28. The number of nitrogens with zero attached hydrogens (tertiary/aromatic N) is 6. The van der Waals surface area contributed by atoms with Crippen LogP contribution < -0.4 is 10.6 Å². The van der Waals surface area contributed by atoms with Gasteiger partial charge in [0.05, 0.1) is 12.2 Å². The van der Waals surface area contributed by atoms with Crippen LogP contribution in [0, 0.1) is 5.53 Å². The summed E-state index contributed by atoms with van der Waals surface area (Å²) in [7, 11) is 0. The minimum atomic E-state index is -0.311. The largest absolute Gasteiger partial charge is 0.383 e. The molecule has 0 bridgehead atoms. The van der Waals surface area contributed by atoms with Gasteiger partial charge in [-0.2, -0.15) is 5.11 Å². The van der Waals surface area contributed by atoms with E-state index in [1.165, 1.54) is 17.3 Å². The molecule has 1 amide bonds. The molecule has 0 saturated carbocycles. The topological polar surface area (TPSA) is 148 Å². The average molecular weight is 445 g/mol. The van der Waals surface area contributed by atoms with E-state index in [0.29, 0.717) is 43.7 Å². The van der Waals surface area contributed by atoms with Gasteiger partial charge in [-0.15, -0.1) is 5.10 Å². The van der Waals surface area contributed by atoms with Crippen LogP contribution in [-0.4, -0.2) is 48.8 Å². The molecule has 4 N–H and O–H groups in total. The number of benzene rings is 1. The van der Waals surface area contributed by atoms with Gasteiger partial charge in [0, 0.05) is 49.7 Å². The standard InChI is InChI=1S/C22H24N10O/c23-29-20(12-24-10-18-11-26-31-30-18)21(33)32-6-5-19-16(13-32)9-25-22(28-19)27-17-7-14-3-1-2-4-15(14)8-17/h1-4,9,11-12,17,23-24H,5-8,10,13H2,(H,25,27,28)(H,26,30,31)/b20-12-,29-23?. The van der Waals surface area contributed by atoms with E-state index in [-0.39, 0.29) is 11.6 Å². The highest BCUT2D eigenvalue weighted by atomic mass is 16.2. The molecule has 0 atom stereocenters. The molecule has 2 aliphatic rings. The number of anilines is 1. The van der Waals surface area contributed by atoms with E-state index in [4.69, 9.17) is 10.5 Å². The second-order valence-electron chi connectivity index (χ2n) is 8.15. The lowest BCUT2D eigenvalue weighted by atomic mass is 10.1. The number of hydrogen-bond acceptors (Lipinski definition) is 9. The quantitative estimate of drug-likeness (QED) is 0.320. The molecule has 0 spiro atoms. The third kappa shape index (κ3) is 4.56. The molecule has 1 aromatic carbocycles. The van der Waals surface area contributed by atoms with Crippen LogP contribution in [0.5, 0.6) is 0 Å². The summed E-state index contributed by atoms with van der Waals surface area (Å²) >= 11 is 0. The Balaban J connectivity index is 1.20. The zero-order valence-electron chi connectivity index (χ0n) is 18.0. The second kappa shape index (κ2) is 9.15. The molecule has 168 valence electrons. The van der Waals surface area contributed by atoms with Gasteiger partial charge in [0.15, 0.2) is 5.70 Å². The van der Waals surface area contributed by atoms with E-state index in [2.05, 4.69) is 60.4 Å². The van der Waals surface area contributed by atoms with Crippen LogP contribution in [0.4, 0.5) is 5.95 Å². The summed E-state index contributed by atoms with van der Waals surface area (Å²) in [5.74, 6) is 0.319. The maximum absolute atomic E-state index is 12.9. The Morgan fingerprint density at radius 1 is 1.27 bits per heavy atom. The predicted octanol–water partition coefficient (Wildman–Crippen LogP) is 1.72. The summed E-state index contributed by atoms with van der Waals surface area (Å²) in [6.07, 6.45) is 7.43. The highest BCUT2D eigenvalue weighted by Gasteiger charge is 2.26. The maximum atomic E-state index is 12.9. The van der Waals surface area contributed by atoms with Gasteiger partial charge in [-0.3, -0.25) is 9.89 Å². The lowest BCUT2D eigenvalue weighted by Crippen LogP contribution is -2.37. The van der Waals surface area contributed by atoms with Crippen molar-refractivity contribution in [2.75, 3.05) is 11.9 Å². The highest BCUT2D eigenvalue weighted by molar-refractivity contribution is 5.92. The molecular formula is C22H24N10O. The van der Waals surface area contributed by atoms with Crippen LogP contribution >= 0.6 is 0 Å². The van der Waals surface area contributed by atoms with Crippen molar-refractivity contribution in [3.63, 3.8) is 0 Å². The fourth-order valence-corrected chi connectivity index (χ4v) is 4.27. The Kier molecular flexibility index (Phi) is 5.75. The molecule has 33 heavy (non-hydrogen) atoms. The smallest absolute Gasteiger partial charge is 0.276 e. The predicted molar refractivity (Wildman–Crippen MR) is 119 cm³/mol. The minimum Gasteiger partial charge on any atom is -0.383 e. The molecular weight excluding hydrogens is 420 g/mol. The zero-order valence-corrected chi connectivity index (χ0v) is 18.0. The van der Waals surface area contributed by atoms with E-state index in [0.717, 1.165) is 24.1 Å². The second-order valence-corrected chi connectivity index (χ2v) is 8.15. The molecule has 1 aliphatic heterocycles. The molecule has 0 unspecified atom stereocenters. The summed E-state index contributed by atoms with van der Waals surface area (Å²) in [5.41, 5.74) is 12.7. The molecule has 0 radical (unpaired) electrons. The fraction of sp³-hybridized carbons (Fsp3) is 0.318. The van der Waals surface area contributed by atoms with Crippen molar-refractivity contribution in [1.82, 2.24) is 35.6 Å². The third-order valence-electron chi connectivity index (χ3n) is 5.93. The number of rotatable bonds is 7. The molecule has 3 aromatic rings. The van der Waals surface area contributed by atoms with E-state index in [1.54, 1.807) is 17.3 Å². The average Bonchev–Trinajstić information content (AvgIpc) is 3.50. The first-order valence-electron chi connectivity index (χ1n) is 10.8. The summed E-state index contributed by atoms with van der Waals surface area (Å²) in [5, 5.41) is 19.9. The van der Waals surface area contributed by atoms with Crippen molar-refractivity contribution in [3.05, 3.63) is 76.6 Å². The number of fused-ring (bicyclic) bond motifs is 2. The number of carbonyl (C=O) groups excluding carboxylic acids is 1. The Hall–Kier alpha value is -4.15. The van der Waals surface area contributed by atoms with Crippen LogP contribution in [-0.2, 0) is 37.1 Å². The normalized spacial score (nSPS) is 15.6. The van der Waals surface area contributed by atoms with Crippen LogP contribution in [0.25, 0.3) is 0 Å². The van der Waals surface area contributed by atoms with Gasteiger partial charge in [0.25, 0.3) is 5.91 Å². The number of carbonyl (C=O) groups is 1. The SMILES string of the molecule is N=N/C(=C\NCc1c[nH]nn1)C(=O)N1CCc2nc(NC3Cc4ccccc4C3)ncc2C1. The van der Waals surface area contributed by atoms with Crippen LogP contribution in [0.2, 0.25) is 0 Å². The van der Waals surface area contributed by atoms with Gasteiger partial charge in [-0.1, -0.05) is 29.5 Å². The van der Waals surface area contributed by atoms with Crippen molar-refractivity contribution >= 4 is 11.9 Å². The Labute approximate surface area is 190 Å². The van der Waals surface area contributed by atoms with E-state index < -0.39 is 0 Å². The van der Waals surface area contributed by atoms with Gasteiger partial charge in [-0.05, 0) is 24.0 Å². The molecule has 11 heteroatoms. The Bertz CT molecular complexity index is 1160. The monoisotopic (exact) mass is 444 g/mol. The summed E-state index contributed by atoms with van der Waals surface area (Å²) in [4.78, 5) is 23.7. The van der Waals surface area contributed by atoms with E-state index >= 15 is 0 Å². The van der Waals surface area contributed by atoms with Crippen molar-refractivity contribution in [1.29, 1.82) is 5.53 Å². The first-order chi connectivity index (χ1) is 16.2. The zero-order chi connectivity index (χ0) is 22.6. The third-order valence-corrected chi connectivity index (χ3v) is 5.93. The van der Waals surface area contributed by atoms with Crippen molar-refractivity contribution in [3.8, 4) is 0 Å². The molecule has 1 aliphatic carbocycles. The van der Waals surface area contributed by atoms with Gasteiger partial charge in [0.1, 0.15) is 5.69 Å². The summed E-state index contributed by atoms with van der Waals surface area (Å²) < 4.78 is 0. The molecule has 0 saturated heterocycles. The lowest BCUT2D eigenvalue weighted by molar-refractivity contribution is -0.128. The van der Waals surface area contributed by atoms with Gasteiger partial charge in [-0.25, -0.2) is 15.5 Å². The van der Waals surface area contributed by atoms with Crippen LogP contribution in [0.1, 0.15) is 28.1 Å². The number of nitrogens with one attached hydrogen (secondary N) is 4. The maximum Gasteiger partial charge on any atom is 0.276 e. The number of H-pyrrole nitrogens is 1. The number of hydrogen-bond donors (Lipinski definition) is 4. The van der Waals surface area contributed by atoms with E-state index in [9.17, 15) is 4.79 Å². The highest BCUT2D eigenvalue weighted by Crippen LogP contribution is 2.25. The van der Waals surface area contributed by atoms with Gasteiger partial charge >= 0.3 is 0 Å². The van der Waals surface area contributed by atoms with E-state index in [1.807, 2.05) is 0 Å². The van der Waals surface area contributed by atoms with Crippen molar-refractivity contribution < 1.29 is 4.79 Å². The molecule has 3 heterocycles. The van der Waals surface area contributed by atoms with Gasteiger partial charge in [0.2, 0.25) is 5.95 Å². The first-order valence-corrected chi connectivity index (χ1v) is 10.8. The van der Waals surface area contributed by atoms with Crippen molar-refractivity contribution in [2.45, 2.75) is 38.4 Å². The summed E-state index contributed by atoms with van der Waals surface area (Å²) in [6, 6.07) is 8.78. The Morgan fingerprint density at radius 3 is 2.82 bits per heavy atom.